The van der Waals surface area contributed by atoms with Crippen molar-refractivity contribution in [1.82, 2.24) is 9.80 Å². The van der Waals surface area contributed by atoms with E-state index in [4.69, 9.17) is 0 Å². The van der Waals surface area contributed by atoms with Crippen molar-refractivity contribution in [3.05, 3.63) is 0 Å². The van der Waals surface area contributed by atoms with Crippen molar-refractivity contribution >= 4 is 11.7 Å². The molecule has 0 aromatic heterocycles. The minimum absolute atomic E-state index is 0.176. The molecule has 1 unspecified atom stereocenters. The molecular weight excluding hydrogens is 180 g/mol. The molecule has 0 aromatic rings. The molecule has 2 rings (SSSR count). The summed E-state index contributed by atoms with van der Waals surface area (Å²) in [5.41, 5.74) is 0. The number of Topliss-reactive ketones (excluding diaryl/α,β-unsaturated/α-hetero) is 1. The number of piperazine rings is 1. The second kappa shape index (κ2) is 3.69. The number of hydrogen-bond acceptors (Lipinski definition) is 3. The highest BCUT2D eigenvalue weighted by Gasteiger charge is 2.31. The maximum Gasteiger partial charge on any atom is 0.236 e. The van der Waals surface area contributed by atoms with Crippen LogP contribution in [0.2, 0.25) is 0 Å². The van der Waals surface area contributed by atoms with Crippen molar-refractivity contribution in [3.8, 4) is 0 Å². The highest BCUT2D eigenvalue weighted by molar-refractivity contribution is 5.82. The van der Waals surface area contributed by atoms with E-state index < -0.39 is 0 Å². The van der Waals surface area contributed by atoms with Gasteiger partial charge in [0.15, 0.2) is 0 Å². The molecule has 0 radical (unpaired) electrons. The average Bonchev–Trinajstić information content (AvgIpc) is 2.57. The van der Waals surface area contributed by atoms with Crippen LogP contribution in [0, 0.1) is 0 Å². The first-order chi connectivity index (χ1) is 6.66. The second-order valence-electron chi connectivity index (χ2n) is 4.22. The van der Waals surface area contributed by atoms with E-state index in [0.29, 0.717) is 31.2 Å². The number of likely N-dealkylation sites (N-methyl/N-ethyl adjacent to an activating group) is 1. The van der Waals surface area contributed by atoms with E-state index in [1.807, 2.05) is 7.05 Å². The molecule has 0 N–H and O–H groups in total. The third kappa shape index (κ3) is 1.80. The number of rotatable bonds is 1. The minimum atomic E-state index is 0.176. The Morgan fingerprint density at radius 1 is 1.29 bits per heavy atom. The van der Waals surface area contributed by atoms with E-state index in [0.717, 1.165) is 19.5 Å². The summed E-state index contributed by atoms with van der Waals surface area (Å²) >= 11 is 0. The van der Waals surface area contributed by atoms with E-state index in [1.165, 1.54) is 0 Å². The summed E-state index contributed by atoms with van der Waals surface area (Å²) in [5, 5.41) is 0. The van der Waals surface area contributed by atoms with E-state index >= 15 is 0 Å². The molecule has 0 aromatic carbocycles. The highest BCUT2D eigenvalue weighted by Crippen LogP contribution is 2.21. The number of ketones is 1. The monoisotopic (exact) mass is 196 g/mol. The average molecular weight is 196 g/mol. The quantitative estimate of drug-likeness (QED) is 0.587. The second-order valence-corrected chi connectivity index (χ2v) is 4.22. The lowest BCUT2D eigenvalue weighted by Gasteiger charge is -2.35. The molecule has 0 bridgehead atoms. The molecule has 4 heteroatoms. The van der Waals surface area contributed by atoms with Gasteiger partial charge >= 0.3 is 0 Å². The van der Waals surface area contributed by atoms with Crippen LogP contribution >= 0.6 is 0 Å². The van der Waals surface area contributed by atoms with E-state index in [1.54, 1.807) is 4.90 Å². The van der Waals surface area contributed by atoms with Gasteiger partial charge in [-0.1, -0.05) is 0 Å². The first-order valence-corrected chi connectivity index (χ1v) is 5.16. The molecule has 0 spiro atoms. The predicted octanol–water partition coefficient (Wildman–Crippen LogP) is -0.118. The van der Waals surface area contributed by atoms with Gasteiger partial charge in [0, 0.05) is 39.0 Å². The van der Waals surface area contributed by atoms with Crippen LogP contribution in [0.4, 0.5) is 0 Å². The number of amides is 1. The summed E-state index contributed by atoms with van der Waals surface area (Å²) in [6.45, 7) is 2.21. The van der Waals surface area contributed by atoms with Crippen LogP contribution in [-0.2, 0) is 9.59 Å². The lowest BCUT2D eigenvalue weighted by molar-refractivity contribution is -0.135. The maximum absolute atomic E-state index is 11.4. The number of hydrogen-bond donors (Lipinski definition) is 0. The molecule has 4 nitrogen and oxygen atoms in total. The standard InChI is InChI=1S/C10H16N2O2/c1-11-4-5-12(7-10(11)14)8-2-3-9(13)6-8/h8H,2-7H2,1H3. The third-order valence-corrected chi connectivity index (χ3v) is 3.22. The molecule has 2 fully saturated rings. The molecule has 1 atom stereocenters. The SMILES string of the molecule is CN1CCN(C2CCC(=O)C2)CC1=O. The minimum Gasteiger partial charge on any atom is -0.343 e. The lowest BCUT2D eigenvalue weighted by Crippen LogP contribution is -2.51. The third-order valence-electron chi connectivity index (χ3n) is 3.22. The van der Waals surface area contributed by atoms with Gasteiger partial charge in [0.05, 0.1) is 6.54 Å². The Morgan fingerprint density at radius 2 is 2.07 bits per heavy atom. The van der Waals surface area contributed by atoms with Gasteiger partial charge in [-0.3, -0.25) is 14.5 Å². The summed E-state index contributed by atoms with van der Waals surface area (Å²) in [7, 11) is 1.83. The molecule has 1 aliphatic heterocycles. The Labute approximate surface area is 83.9 Å². The van der Waals surface area contributed by atoms with Gasteiger partial charge in [-0.05, 0) is 6.42 Å². The van der Waals surface area contributed by atoms with Crippen molar-refractivity contribution in [2.24, 2.45) is 0 Å². The number of carbonyl (C=O) groups is 2. The Hall–Kier alpha value is -0.900. The summed E-state index contributed by atoms with van der Waals surface area (Å²) in [4.78, 5) is 26.5. The van der Waals surface area contributed by atoms with Gasteiger partial charge in [0.25, 0.3) is 0 Å². The van der Waals surface area contributed by atoms with Crippen molar-refractivity contribution < 1.29 is 9.59 Å². The van der Waals surface area contributed by atoms with E-state index in [9.17, 15) is 9.59 Å². The van der Waals surface area contributed by atoms with Crippen LogP contribution < -0.4 is 0 Å². The summed E-state index contributed by atoms with van der Waals surface area (Å²) in [5.74, 6) is 0.525. The van der Waals surface area contributed by atoms with Crippen LogP contribution in [0.25, 0.3) is 0 Å². The zero-order valence-electron chi connectivity index (χ0n) is 8.53. The Balaban J connectivity index is 1.93. The van der Waals surface area contributed by atoms with Gasteiger partial charge in [-0.25, -0.2) is 0 Å². The van der Waals surface area contributed by atoms with Crippen LogP contribution in [0.3, 0.4) is 0 Å². The van der Waals surface area contributed by atoms with Gasteiger partial charge < -0.3 is 4.90 Å². The molecular formula is C10H16N2O2. The van der Waals surface area contributed by atoms with Crippen molar-refractivity contribution in [2.75, 3.05) is 26.7 Å². The first kappa shape index (κ1) is 9.65. The lowest BCUT2D eigenvalue weighted by atomic mass is 10.2. The summed E-state index contributed by atoms with van der Waals surface area (Å²) in [6, 6.07) is 0.333. The largest absolute Gasteiger partial charge is 0.343 e. The summed E-state index contributed by atoms with van der Waals surface area (Å²) < 4.78 is 0. The number of carbonyl (C=O) groups excluding carboxylic acids is 2. The molecule has 1 saturated heterocycles. The fourth-order valence-corrected chi connectivity index (χ4v) is 2.19. The molecule has 1 aliphatic carbocycles. The molecule has 2 aliphatic rings. The predicted molar refractivity (Wildman–Crippen MR) is 51.9 cm³/mol. The normalized spacial score (nSPS) is 30.1. The fourth-order valence-electron chi connectivity index (χ4n) is 2.19. The Kier molecular flexibility index (Phi) is 2.54. The fraction of sp³-hybridized carbons (Fsp3) is 0.800. The van der Waals surface area contributed by atoms with Gasteiger partial charge in [-0.2, -0.15) is 0 Å². The Morgan fingerprint density at radius 3 is 2.64 bits per heavy atom. The molecule has 78 valence electrons. The zero-order chi connectivity index (χ0) is 10.1. The van der Waals surface area contributed by atoms with Crippen LogP contribution in [0.1, 0.15) is 19.3 Å². The smallest absolute Gasteiger partial charge is 0.236 e. The van der Waals surface area contributed by atoms with E-state index in [-0.39, 0.29) is 5.91 Å². The van der Waals surface area contributed by atoms with Gasteiger partial charge in [-0.15, -0.1) is 0 Å². The molecule has 1 heterocycles. The van der Waals surface area contributed by atoms with Crippen LogP contribution in [-0.4, -0.2) is 54.2 Å². The topological polar surface area (TPSA) is 40.6 Å². The van der Waals surface area contributed by atoms with Crippen molar-refractivity contribution in [1.29, 1.82) is 0 Å². The van der Waals surface area contributed by atoms with Crippen molar-refractivity contribution in [3.63, 3.8) is 0 Å². The highest BCUT2D eigenvalue weighted by atomic mass is 16.2. The molecule has 1 saturated carbocycles. The van der Waals surface area contributed by atoms with E-state index in [2.05, 4.69) is 4.90 Å². The number of nitrogens with zero attached hydrogens (tertiary/aromatic N) is 2. The summed E-state index contributed by atoms with van der Waals surface area (Å²) in [6.07, 6.45) is 2.29. The first-order valence-electron chi connectivity index (χ1n) is 5.16. The van der Waals surface area contributed by atoms with Crippen LogP contribution in [0.15, 0.2) is 0 Å². The molecule has 1 amide bonds. The Bertz CT molecular complexity index is 265. The zero-order valence-corrected chi connectivity index (χ0v) is 8.53. The maximum atomic E-state index is 11.4. The van der Waals surface area contributed by atoms with Gasteiger partial charge in [0.1, 0.15) is 5.78 Å². The van der Waals surface area contributed by atoms with Crippen LogP contribution in [0.5, 0.6) is 0 Å². The van der Waals surface area contributed by atoms with Crippen molar-refractivity contribution in [2.45, 2.75) is 25.3 Å². The van der Waals surface area contributed by atoms with Gasteiger partial charge in [0.2, 0.25) is 5.91 Å². The molecule has 14 heavy (non-hydrogen) atoms.